The van der Waals surface area contributed by atoms with E-state index in [1.807, 2.05) is 13.0 Å². The maximum Gasteiger partial charge on any atom is 0.263 e. The van der Waals surface area contributed by atoms with Crippen LogP contribution in [0.4, 0.5) is 5.69 Å². The van der Waals surface area contributed by atoms with Crippen molar-refractivity contribution < 1.29 is 4.79 Å². The van der Waals surface area contributed by atoms with Crippen molar-refractivity contribution in [2.45, 2.75) is 39.2 Å². The van der Waals surface area contributed by atoms with Crippen LogP contribution in [-0.4, -0.2) is 23.5 Å². The highest BCUT2D eigenvalue weighted by Crippen LogP contribution is 2.38. The quantitative estimate of drug-likeness (QED) is 0.888. The molecule has 2 N–H and O–H groups in total. The van der Waals surface area contributed by atoms with E-state index in [-0.39, 0.29) is 5.91 Å². The van der Waals surface area contributed by atoms with Gasteiger partial charge in [0, 0.05) is 23.7 Å². The topological polar surface area (TPSA) is 54.0 Å². The van der Waals surface area contributed by atoms with Crippen LogP contribution < -0.4 is 10.6 Å². The van der Waals surface area contributed by atoms with Crippen LogP contribution in [0.15, 0.2) is 12.1 Å². The van der Waals surface area contributed by atoms with Gasteiger partial charge in [-0.3, -0.25) is 4.79 Å². The number of carbonyl (C=O) groups is 1. The first-order valence-electron chi connectivity index (χ1n) is 7.14. The Labute approximate surface area is 122 Å². The Kier molecular flexibility index (Phi) is 3.61. The number of hydrogen-bond donors (Lipinski definition) is 2. The summed E-state index contributed by atoms with van der Waals surface area (Å²) in [6, 6.07) is 4.59. The lowest BCUT2D eigenvalue weighted by molar-refractivity contribution is 0.0958. The largest absolute Gasteiger partial charge is 0.380 e. The number of aryl methyl sites for hydroxylation is 1. The van der Waals surface area contributed by atoms with Gasteiger partial charge < -0.3 is 10.6 Å². The van der Waals surface area contributed by atoms with Gasteiger partial charge in [-0.1, -0.05) is 6.92 Å². The van der Waals surface area contributed by atoms with Gasteiger partial charge in [-0.05, 0) is 38.3 Å². The third kappa shape index (κ3) is 2.63. The molecule has 1 aliphatic rings. The van der Waals surface area contributed by atoms with Crippen molar-refractivity contribution in [1.29, 1.82) is 0 Å². The standard InChI is InChI=1S/C15H19N3OS/c1-3-8-16-14(19)13-12(18-10-5-6-10)11-7-4-9(2)17-15(11)20-13/h4,7,10,18H,3,5-6,8H2,1-2H3,(H,16,19). The van der Waals surface area contributed by atoms with E-state index in [0.29, 0.717) is 12.6 Å². The Hall–Kier alpha value is -1.62. The molecule has 2 heterocycles. The number of rotatable bonds is 5. The molecule has 1 fully saturated rings. The molecule has 106 valence electrons. The molecule has 1 amide bonds. The molecule has 1 aliphatic carbocycles. The maximum atomic E-state index is 12.3. The highest BCUT2D eigenvalue weighted by molar-refractivity contribution is 7.21. The average molecular weight is 289 g/mol. The predicted molar refractivity (Wildman–Crippen MR) is 83.6 cm³/mol. The van der Waals surface area contributed by atoms with Crippen LogP contribution >= 0.6 is 11.3 Å². The smallest absolute Gasteiger partial charge is 0.263 e. The molecule has 4 nitrogen and oxygen atoms in total. The first-order chi connectivity index (χ1) is 9.69. The summed E-state index contributed by atoms with van der Waals surface area (Å²) in [5.41, 5.74) is 1.95. The van der Waals surface area contributed by atoms with Gasteiger partial charge in [0.2, 0.25) is 0 Å². The number of hydrogen-bond acceptors (Lipinski definition) is 4. The van der Waals surface area contributed by atoms with E-state index in [1.165, 1.54) is 24.2 Å². The highest BCUT2D eigenvalue weighted by atomic mass is 32.1. The third-order valence-electron chi connectivity index (χ3n) is 3.36. The van der Waals surface area contributed by atoms with Crippen LogP contribution in [-0.2, 0) is 0 Å². The van der Waals surface area contributed by atoms with Gasteiger partial charge in [-0.25, -0.2) is 4.98 Å². The number of nitrogens with zero attached hydrogens (tertiary/aromatic N) is 1. The molecule has 1 saturated carbocycles. The summed E-state index contributed by atoms with van der Waals surface area (Å²) in [7, 11) is 0. The van der Waals surface area contributed by atoms with Crippen LogP contribution in [0.5, 0.6) is 0 Å². The SMILES string of the molecule is CCCNC(=O)c1sc2nc(C)ccc2c1NC1CC1. The van der Waals surface area contributed by atoms with Crippen molar-refractivity contribution >= 4 is 33.1 Å². The molecule has 0 aromatic carbocycles. The van der Waals surface area contributed by atoms with Crippen molar-refractivity contribution in [3.05, 3.63) is 22.7 Å². The van der Waals surface area contributed by atoms with Crippen molar-refractivity contribution in [2.24, 2.45) is 0 Å². The van der Waals surface area contributed by atoms with Gasteiger partial charge in [0.25, 0.3) is 5.91 Å². The molecule has 0 spiro atoms. The minimum atomic E-state index is 0.00986. The molecule has 2 aromatic rings. The van der Waals surface area contributed by atoms with Gasteiger partial charge in [0.05, 0.1) is 5.69 Å². The number of amides is 1. The summed E-state index contributed by atoms with van der Waals surface area (Å²) in [5.74, 6) is 0.00986. The minimum Gasteiger partial charge on any atom is -0.380 e. The van der Waals surface area contributed by atoms with Gasteiger partial charge in [-0.15, -0.1) is 11.3 Å². The molecule has 3 rings (SSSR count). The Morgan fingerprint density at radius 3 is 2.95 bits per heavy atom. The molecule has 0 radical (unpaired) electrons. The normalized spacial score (nSPS) is 14.5. The van der Waals surface area contributed by atoms with E-state index in [2.05, 4.69) is 28.6 Å². The summed E-state index contributed by atoms with van der Waals surface area (Å²) in [4.78, 5) is 18.6. The van der Waals surface area contributed by atoms with E-state index in [9.17, 15) is 4.79 Å². The second-order valence-corrected chi connectivity index (χ2v) is 6.29. The Morgan fingerprint density at radius 2 is 2.25 bits per heavy atom. The molecule has 20 heavy (non-hydrogen) atoms. The summed E-state index contributed by atoms with van der Waals surface area (Å²) < 4.78 is 0. The minimum absolute atomic E-state index is 0.00986. The van der Waals surface area contributed by atoms with Gasteiger partial charge >= 0.3 is 0 Å². The second kappa shape index (κ2) is 5.40. The van der Waals surface area contributed by atoms with Crippen molar-refractivity contribution in [2.75, 3.05) is 11.9 Å². The van der Waals surface area contributed by atoms with E-state index in [1.54, 1.807) is 0 Å². The predicted octanol–water partition coefficient (Wildman–Crippen LogP) is 3.32. The molecule has 0 saturated heterocycles. The molecule has 2 aromatic heterocycles. The first kappa shape index (κ1) is 13.4. The number of pyridine rings is 1. The zero-order valence-electron chi connectivity index (χ0n) is 11.8. The number of fused-ring (bicyclic) bond motifs is 1. The Balaban J connectivity index is 2.01. The highest BCUT2D eigenvalue weighted by Gasteiger charge is 2.26. The number of thiophene rings is 1. The lowest BCUT2D eigenvalue weighted by atomic mass is 10.2. The lowest BCUT2D eigenvalue weighted by Crippen LogP contribution is -2.24. The molecule has 5 heteroatoms. The van der Waals surface area contributed by atoms with Crippen molar-refractivity contribution in [3.8, 4) is 0 Å². The van der Waals surface area contributed by atoms with Crippen LogP contribution in [0.2, 0.25) is 0 Å². The number of anilines is 1. The monoisotopic (exact) mass is 289 g/mol. The molecule has 0 aliphatic heterocycles. The van der Waals surface area contributed by atoms with E-state index in [4.69, 9.17) is 0 Å². The molecular formula is C15H19N3OS. The molecule has 0 bridgehead atoms. The number of aromatic nitrogens is 1. The molecule has 0 unspecified atom stereocenters. The second-order valence-electron chi connectivity index (χ2n) is 5.29. The van der Waals surface area contributed by atoms with E-state index >= 15 is 0 Å². The van der Waals surface area contributed by atoms with Gasteiger partial charge in [0.15, 0.2) is 0 Å². The van der Waals surface area contributed by atoms with E-state index in [0.717, 1.165) is 32.9 Å². The summed E-state index contributed by atoms with van der Waals surface area (Å²) in [6.07, 6.45) is 3.32. The maximum absolute atomic E-state index is 12.3. The third-order valence-corrected chi connectivity index (χ3v) is 4.46. The van der Waals surface area contributed by atoms with Crippen LogP contribution in [0.25, 0.3) is 10.2 Å². The number of nitrogens with one attached hydrogen (secondary N) is 2. The van der Waals surface area contributed by atoms with Crippen molar-refractivity contribution in [1.82, 2.24) is 10.3 Å². The van der Waals surface area contributed by atoms with Gasteiger partial charge in [-0.2, -0.15) is 0 Å². The number of carbonyl (C=O) groups excluding carboxylic acids is 1. The fourth-order valence-corrected chi connectivity index (χ4v) is 3.22. The van der Waals surface area contributed by atoms with Crippen LogP contribution in [0.3, 0.4) is 0 Å². The summed E-state index contributed by atoms with van der Waals surface area (Å²) in [6.45, 7) is 4.74. The van der Waals surface area contributed by atoms with Crippen molar-refractivity contribution in [3.63, 3.8) is 0 Å². The molecular weight excluding hydrogens is 270 g/mol. The first-order valence-corrected chi connectivity index (χ1v) is 7.95. The van der Waals surface area contributed by atoms with Crippen LogP contribution in [0.1, 0.15) is 41.6 Å². The fraction of sp³-hybridized carbons (Fsp3) is 0.467. The average Bonchev–Trinajstić information content (AvgIpc) is 3.18. The Bertz CT molecular complexity index is 646. The summed E-state index contributed by atoms with van der Waals surface area (Å²) >= 11 is 1.48. The van der Waals surface area contributed by atoms with Crippen LogP contribution in [0, 0.1) is 6.92 Å². The van der Waals surface area contributed by atoms with Gasteiger partial charge in [0.1, 0.15) is 9.71 Å². The van der Waals surface area contributed by atoms with E-state index < -0.39 is 0 Å². The zero-order chi connectivity index (χ0) is 14.1. The molecule has 0 atom stereocenters. The zero-order valence-corrected chi connectivity index (χ0v) is 12.6. The Morgan fingerprint density at radius 1 is 1.45 bits per heavy atom. The lowest BCUT2D eigenvalue weighted by Gasteiger charge is -2.07. The fourth-order valence-electron chi connectivity index (χ4n) is 2.12. The summed E-state index contributed by atoms with van der Waals surface area (Å²) in [5, 5.41) is 7.52.